The van der Waals surface area contributed by atoms with Gasteiger partial charge in [0.1, 0.15) is 6.04 Å². The lowest BCUT2D eigenvalue weighted by atomic mass is 9.89. The number of halogens is 1. The first-order valence-electron chi connectivity index (χ1n) is 9.05. The summed E-state index contributed by atoms with van der Waals surface area (Å²) in [6, 6.07) is 1.44. The Hall–Kier alpha value is -0.810. The number of hydrogen-bond donors (Lipinski definition) is 2. The van der Waals surface area contributed by atoms with Crippen molar-refractivity contribution in [2.75, 3.05) is 6.54 Å². The zero-order valence-corrected chi connectivity index (χ0v) is 14.4. The molecule has 130 valence electrons. The van der Waals surface area contributed by atoms with Gasteiger partial charge in [-0.2, -0.15) is 0 Å². The summed E-state index contributed by atoms with van der Waals surface area (Å²) in [6.07, 6.45) is 9.45. The van der Waals surface area contributed by atoms with Crippen LogP contribution in [0.2, 0.25) is 0 Å². The van der Waals surface area contributed by atoms with Crippen LogP contribution in [0.25, 0.3) is 0 Å². The second-order valence-corrected chi connectivity index (χ2v) is 7.71. The molecule has 2 N–H and O–H groups in total. The number of rotatable bonds is 4. The fraction of sp³-hybridized carbons (Fsp3) is 0.882. The molecule has 3 aliphatic heterocycles. The van der Waals surface area contributed by atoms with E-state index >= 15 is 0 Å². The van der Waals surface area contributed by atoms with E-state index in [-0.39, 0.29) is 30.3 Å². The number of carbonyl (C=O) groups is 2. The molecule has 4 fully saturated rings. The molecular weight excluding hydrogens is 314 g/mol. The van der Waals surface area contributed by atoms with Crippen molar-refractivity contribution >= 4 is 24.2 Å². The van der Waals surface area contributed by atoms with Crippen molar-refractivity contribution in [2.24, 2.45) is 5.92 Å². The zero-order chi connectivity index (χ0) is 15.1. The Labute approximate surface area is 144 Å². The molecule has 4 rings (SSSR count). The average molecular weight is 342 g/mol. The SMILES string of the molecule is Cl.O=C(NC1CC1)C1CCCN1C(=O)CC1CC2CCC(C1)N2. The van der Waals surface area contributed by atoms with E-state index in [1.807, 2.05) is 4.90 Å². The van der Waals surface area contributed by atoms with Crippen LogP contribution in [0, 0.1) is 5.92 Å². The molecule has 0 aromatic rings. The van der Waals surface area contributed by atoms with Crippen molar-refractivity contribution in [3.8, 4) is 0 Å². The van der Waals surface area contributed by atoms with Gasteiger partial charge in [-0.25, -0.2) is 0 Å². The van der Waals surface area contributed by atoms with Crippen LogP contribution in [0.15, 0.2) is 0 Å². The summed E-state index contributed by atoms with van der Waals surface area (Å²) in [7, 11) is 0. The van der Waals surface area contributed by atoms with Crippen LogP contribution in [0.1, 0.15) is 57.8 Å². The fourth-order valence-corrected chi connectivity index (χ4v) is 4.57. The monoisotopic (exact) mass is 341 g/mol. The molecule has 0 radical (unpaired) electrons. The van der Waals surface area contributed by atoms with Gasteiger partial charge in [0.05, 0.1) is 0 Å². The van der Waals surface area contributed by atoms with Crippen molar-refractivity contribution in [3.63, 3.8) is 0 Å². The highest BCUT2D eigenvalue weighted by atomic mass is 35.5. The van der Waals surface area contributed by atoms with Crippen LogP contribution in [0.4, 0.5) is 0 Å². The molecule has 1 saturated carbocycles. The lowest BCUT2D eigenvalue weighted by Gasteiger charge is -2.31. The highest BCUT2D eigenvalue weighted by molar-refractivity contribution is 5.88. The van der Waals surface area contributed by atoms with Gasteiger partial charge in [0.25, 0.3) is 0 Å². The molecule has 0 aromatic heterocycles. The molecule has 6 heteroatoms. The molecule has 2 amide bonds. The summed E-state index contributed by atoms with van der Waals surface area (Å²) in [5, 5.41) is 6.70. The number of piperidine rings is 1. The van der Waals surface area contributed by atoms with Crippen molar-refractivity contribution in [3.05, 3.63) is 0 Å². The first-order chi connectivity index (χ1) is 10.7. The summed E-state index contributed by atoms with van der Waals surface area (Å²) in [5.74, 6) is 0.803. The van der Waals surface area contributed by atoms with Crippen LogP contribution in [-0.2, 0) is 9.59 Å². The number of amides is 2. The van der Waals surface area contributed by atoms with Crippen molar-refractivity contribution < 1.29 is 9.59 Å². The van der Waals surface area contributed by atoms with Gasteiger partial charge >= 0.3 is 0 Å². The number of fused-ring (bicyclic) bond motifs is 2. The van der Waals surface area contributed by atoms with Crippen molar-refractivity contribution in [2.45, 2.75) is 82.0 Å². The Balaban J connectivity index is 0.00000156. The van der Waals surface area contributed by atoms with E-state index in [9.17, 15) is 9.59 Å². The van der Waals surface area contributed by atoms with Gasteiger partial charge < -0.3 is 15.5 Å². The van der Waals surface area contributed by atoms with Crippen molar-refractivity contribution in [1.29, 1.82) is 0 Å². The summed E-state index contributed by atoms with van der Waals surface area (Å²) < 4.78 is 0. The van der Waals surface area contributed by atoms with Crippen LogP contribution >= 0.6 is 12.4 Å². The van der Waals surface area contributed by atoms with Crippen LogP contribution < -0.4 is 10.6 Å². The predicted molar refractivity (Wildman–Crippen MR) is 90.4 cm³/mol. The molecule has 0 aromatic carbocycles. The third kappa shape index (κ3) is 3.82. The third-order valence-electron chi connectivity index (χ3n) is 5.83. The van der Waals surface area contributed by atoms with Gasteiger partial charge in [0, 0.05) is 31.1 Å². The Kier molecular flexibility index (Phi) is 5.16. The fourth-order valence-electron chi connectivity index (χ4n) is 4.57. The Morgan fingerprint density at radius 3 is 2.39 bits per heavy atom. The average Bonchev–Trinajstić information content (AvgIpc) is 3.05. The third-order valence-corrected chi connectivity index (χ3v) is 5.83. The first kappa shape index (κ1) is 17.0. The second-order valence-electron chi connectivity index (χ2n) is 7.71. The van der Waals surface area contributed by atoms with E-state index < -0.39 is 0 Å². The van der Waals surface area contributed by atoms with Crippen LogP contribution in [-0.4, -0.2) is 47.4 Å². The summed E-state index contributed by atoms with van der Waals surface area (Å²) in [5.41, 5.74) is 0. The normalized spacial score (nSPS) is 35.7. The number of hydrogen-bond acceptors (Lipinski definition) is 3. The molecule has 23 heavy (non-hydrogen) atoms. The molecule has 0 spiro atoms. The molecule has 3 atom stereocenters. The standard InChI is InChI=1S/C17H27N3O2.ClH/c21-16(10-11-8-13-5-6-14(9-11)18-13)20-7-1-2-15(20)17(22)19-12-3-4-12;/h11-15,18H,1-10H2,(H,19,22);1H. The maximum atomic E-state index is 12.7. The van der Waals surface area contributed by atoms with Gasteiger partial charge in [0.2, 0.25) is 11.8 Å². The number of nitrogens with zero attached hydrogens (tertiary/aromatic N) is 1. The molecule has 2 bridgehead atoms. The van der Waals surface area contributed by atoms with E-state index in [2.05, 4.69) is 10.6 Å². The molecule has 3 unspecified atom stereocenters. The minimum Gasteiger partial charge on any atom is -0.352 e. The smallest absolute Gasteiger partial charge is 0.243 e. The minimum atomic E-state index is -0.202. The Morgan fingerprint density at radius 2 is 1.74 bits per heavy atom. The Morgan fingerprint density at radius 1 is 1.04 bits per heavy atom. The minimum absolute atomic E-state index is 0. The Bertz CT molecular complexity index is 457. The highest BCUT2D eigenvalue weighted by Crippen LogP contribution is 2.33. The van der Waals surface area contributed by atoms with Crippen LogP contribution in [0.3, 0.4) is 0 Å². The molecule has 5 nitrogen and oxygen atoms in total. The molecular formula is C17H28ClN3O2. The summed E-state index contributed by atoms with van der Waals surface area (Å²) in [4.78, 5) is 26.9. The van der Waals surface area contributed by atoms with E-state index in [0.717, 1.165) is 45.1 Å². The number of carbonyl (C=O) groups excluding carboxylic acids is 2. The first-order valence-corrected chi connectivity index (χ1v) is 9.05. The lowest BCUT2D eigenvalue weighted by Crippen LogP contribution is -2.47. The molecule has 4 aliphatic rings. The zero-order valence-electron chi connectivity index (χ0n) is 13.6. The van der Waals surface area contributed by atoms with Gasteiger partial charge in [-0.15, -0.1) is 12.4 Å². The van der Waals surface area contributed by atoms with Gasteiger partial charge in [0.15, 0.2) is 0 Å². The van der Waals surface area contributed by atoms with Gasteiger partial charge in [-0.1, -0.05) is 0 Å². The quantitative estimate of drug-likeness (QED) is 0.816. The number of likely N-dealkylation sites (tertiary alicyclic amines) is 1. The summed E-state index contributed by atoms with van der Waals surface area (Å²) in [6.45, 7) is 0.763. The number of nitrogens with one attached hydrogen (secondary N) is 2. The maximum Gasteiger partial charge on any atom is 0.243 e. The lowest BCUT2D eigenvalue weighted by molar-refractivity contribution is -0.139. The summed E-state index contributed by atoms with van der Waals surface area (Å²) >= 11 is 0. The van der Waals surface area contributed by atoms with Crippen LogP contribution in [0.5, 0.6) is 0 Å². The van der Waals surface area contributed by atoms with E-state index in [0.29, 0.717) is 30.5 Å². The maximum absolute atomic E-state index is 12.7. The topological polar surface area (TPSA) is 61.4 Å². The highest BCUT2D eigenvalue weighted by Gasteiger charge is 2.39. The predicted octanol–water partition coefficient (Wildman–Crippen LogP) is 1.60. The van der Waals surface area contributed by atoms with E-state index in [1.54, 1.807) is 0 Å². The molecule has 3 heterocycles. The molecule has 3 saturated heterocycles. The van der Waals surface area contributed by atoms with Gasteiger partial charge in [-0.3, -0.25) is 9.59 Å². The largest absolute Gasteiger partial charge is 0.352 e. The molecule has 1 aliphatic carbocycles. The van der Waals surface area contributed by atoms with E-state index in [1.165, 1.54) is 12.8 Å². The van der Waals surface area contributed by atoms with Gasteiger partial charge in [-0.05, 0) is 57.3 Å². The van der Waals surface area contributed by atoms with Crippen molar-refractivity contribution in [1.82, 2.24) is 15.5 Å². The van der Waals surface area contributed by atoms with E-state index in [4.69, 9.17) is 0 Å². The second kappa shape index (κ2) is 6.98.